The van der Waals surface area contributed by atoms with Gasteiger partial charge in [-0.25, -0.2) is 13.2 Å². The number of carboxylic acids is 2. The number of carboxylic acid groups (broad SMARTS) is 2. The number of hydrogen-bond acceptors (Lipinski definition) is 7. The van der Waals surface area contributed by atoms with Gasteiger partial charge in [-0.15, -0.1) is 0 Å². The van der Waals surface area contributed by atoms with Crippen LogP contribution in [0, 0.1) is 0 Å². The number of aliphatic carboxylic acids is 2. The summed E-state index contributed by atoms with van der Waals surface area (Å²) in [6.07, 6.45) is 0.768. The monoisotopic (exact) mass is 439 g/mol. The SMILES string of the molecule is CS(=O)(=O)CCCOc1ccc(-c2ccc(C(=O)N[C@@H](CC(=O)O)C(=O)O)o2)cc1. The number of rotatable bonds is 11. The van der Waals surface area contributed by atoms with Gasteiger partial charge in [0.05, 0.1) is 18.8 Å². The third-order valence-electron chi connectivity index (χ3n) is 3.88. The van der Waals surface area contributed by atoms with E-state index in [9.17, 15) is 22.8 Å². The molecule has 162 valence electrons. The van der Waals surface area contributed by atoms with E-state index in [-0.39, 0.29) is 18.1 Å². The lowest BCUT2D eigenvalue weighted by Gasteiger charge is -2.10. The van der Waals surface area contributed by atoms with E-state index < -0.39 is 40.1 Å². The highest BCUT2D eigenvalue weighted by Gasteiger charge is 2.25. The van der Waals surface area contributed by atoms with Crippen LogP contribution in [-0.4, -0.2) is 61.1 Å². The molecule has 1 heterocycles. The van der Waals surface area contributed by atoms with Gasteiger partial charge in [0.1, 0.15) is 27.4 Å². The molecule has 1 aromatic carbocycles. The number of furan rings is 1. The van der Waals surface area contributed by atoms with E-state index in [2.05, 4.69) is 5.32 Å². The van der Waals surface area contributed by atoms with Crippen LogP contribution in [-0.2, 0) is 19.4 Å². The van der Waals surface area contributed by atoms with Crippen molar-refractivity contribution in [3.05, 3.63) is 42.2 Å². The Hall–Kier alpha value is -3.34. The predicted molar refractivity (Wildman–Crippen MR) is 105 cm³/mol. The van der Waals surface area contributed by atoms with Crippen molar-refractivity contribution in [2.45, 2.75) is 18.9 Å². The summed E-state index contributed by atoms with van der Waals surface area (Å²) in [5.74, 6) is -2.92. The quantitative estimate of drug-likeness (QED) is 0.440. The highest BCUT2D eigenvalue weighted by Crippen LogP contribution is 2.24. The van der Waals surface area contributed by atoms with Gasteiger partial charge in [-0.1, -0.05) is 0 Å². The molecule has 2 aromatic rings. The number of sulfone groups is 1. The van der Waals surface area contributed by atoms with Gasteiger partial charge in [0.15, 0.2) is 5.76 Å². The average molecular weight is 439 g/mol. The molecule has 0 fully saturated rings. The fourth-order valence-electron chi connectivity index (χ4n) is 2.45. The molecule has 0 unspecified atom stereocenters. The van der Waals surface area contributed by atoms with Crippen LogP contribution in [0.4, 0.5) is 0 Å². The van der Waals surface area contributed by atoms with Gasteiger partial charge >= 0.3 is 11.9 Å². The van der Waals surface area contributed by atoms with Crippen LogP contribution in [0.2, 0.25) is 0 Å². The molecule has 0 aliphatic carbocycles. The fourth-order valence-corrected chi connectivity index (χ4v) is 3.09. The van der Waals surface area contributed by atoms with Gasteiger partial charge in [0, 0.05) is 11.8 Å². The van der Waals surface area contributed by atoms with Crippen LogP contribution in [0.1, 0.15) is 23.4 Å². The third kappa shape index (κ3) is 7.24. The summed E-state index contributed by atoms with van der Waals surface area (Å²) in [5, 5.41) is 19.8. The number of hydrogen-bond donors (Lipinski definition) is 3. The van der Waals surface area contributed by atoms with E-state index in [1.54, 1.807) is 24.3 Å². The normalized spacial score (nSPS) is 12.2. The Labute approximate surface area is 172 Å². The Morgan fingerprint density at radius 2 is 1.77 bits per heavy atom. The van der Waals surface area contributed by atoms with Crippen LogP contribution in [0.15, 0.2) is 40.8 Å². The molecule has 1 aromatic heterocycles. The van der Waals surface area contributed by atoms with Crippen LogP contribution < -0.4 is 10.1 Å². The van der Waals surface area contributed by atoms with Gasteiger partial charge in [-0.3, -0.25) is 9.59 Å². The zero-order chi connectivity index (χ0) is 22.3. The second-order valence-electron chi connectivity index (χ2n) is 6.48. The molecular formula is C19H21NO9S. The standard InChI is InChI=1S/C19H21NO9S/c1-30(26,27)10-2-9-28-13-5-3-12(4-6-13)15-7-8-16(29-15)18(23)20-14(19(24)25)11-17(21)22/h3-8,14H,2,9-11H2,1H3,(H,20,23)(H,21,22)(H,24,25)/t14-/m0/s1. The summed E-state index contributed by atoms with van der Waals surface area (Å²) in [6, 6.07) is 7.96. The van der Waals surface area contributed by atoms with E-state index in [1.807, 2.05) is 0 Å². The summed E-state index contributed by atoms with van der Waals surface area (Å²) in [4.78, 5) is 33.9. The van der Waals surface area contributed by atoms with Crippen LogP contribution in [0.25, 0.3) is 11.3 Å². The van der Waals surface area contributed by atoms with Crippen molar-refractivity contribution in [1.82, 2.24) is 5.32 Å². The molecule has 0 saturated heterocycles. The molecule has 0 spiro atoms. The van der Waals surface area contributed by atoms with Crippen LogP contribution in [0.3, 0.4) is 0 Å². The summed E-state index contributed by atoms with van der Waals surface area (Å²) in [6.45, 7) is 0.249. The smallest absolute Gasteiger partial charge is 0.326 e. The molecule has 0 radical (unpaired) electrons. The first-order valence-corrected chi connectivity index (χ1v) is 10.9. The van der Waals surface area contributed by atoms with E-state index >= 15 is 0 Å². The summed E-state index contributed by atoms with van der Waals surface area (Å²) in [7, 11) is -3.03. The number of carbonyl (C=O) groups excluding carboxylic acids is 1. The third-order valence-corrected chi connectivity index (χ3v) is 4.91. The van der Waals surface area contributed by atoms with Crippen molar-refractivity contribution in [3.8, 4) is 17.1 Å². The lowest BCUT2D eigenvalue weighted by atomic mass is 10.2. The van der Waals surface area contributed by atoms with E-state index in [0.717, 1.165) is 6.26 Å². The molecule has 0 aliphatic rings. The van der Waals surface area contributed by atoms with E-state index in [1.165, 1.54) is 12.1 Å². The number of nitrogens with one attached hydrogen (secondary N) is 1. The van der Waals surface area contributed by atoms with Gasteiger partial charge in [-0.05, 0) is 42.8 Å². The molecule has 2 rings (SSSR count). The van der Waals surface area contributed by atoms with Crippen molar-refractivity contribution in [2.75, 3.05) is 18.6 Å². The van der Waals surface area contributed by atoms with Crippen LogP contribution >= 0.6 is 0 Å². The minimum Gasteiger partial charge on any atom is -0.494 e. The Morgan fingerprint density at radius 1 is 1.10 bits per heavy atom. The maximum absolute atomic E-state index is 12.1. The molecule has 0 aliphatic heterocycles. The zero-order valence-corrected chi connectivity index (χ0v) is 16.8. The molecule has 0 bridgehead atoms. The predicted octanol–water partition coefficient (Wildman–Crippen LogP) is 1.42. The number of carbonyl (C=O) groups is 3. The zero-order valence-electron chi connectivity index (χ0n) is 16.0. The first-order valence-electron chi connectivity index (χ1n) is 8.81. The molecule has 30 heavy (non-hydrogen) atoms. The minimum absolute atomic E-state index is 0.0392. The average Bonchev–Trinajstić information content (AvgIpc) is 3.14. The van der Waals surface area contributed by atoms with Crippen LogP contribution in [0.5, 0.6) is 5.75 Å². The van der Waals surface area contributed by atoms with Gasteiger partial charge in [0.25, 0.3) is 5.91 Å². The summed E-state index contributed by atoms with van der Waals surface area (Å²) in [5.41, 5.74) is 0.623. The Bertz CT molecular complexity index is 1010. The lowest BCUT2D eigenvalue weighted by molar-refractivity contribution is -0.145. The van der Waals surface area contributed by atoms with E-state index in [4.69, 9.17) is 19.4 Å². The molecule has 3 N–H and O–H groups in total. The van der Waals surface area contributed by atoms with E-state index in [0.29, 0.717) is 23.5 Å². The molecule has 10 nitrogen and oxygen atoms in total. The summed E-state index contributed by atoms with van der Waals surface area (Å²) < 4.78 is 33.1. The fraction of sp³-hybridized carbons (Fsp3) is 0.316. The van der Waals surface area contributed by atoms with Crippen molar-refractivity contribution in [2.24, 2.45) is 0 Å². The van der Waals surface area contributed by atoms with Crippen molar-refractivity contribution in [1.29, 1.82) is 0 Å². The second-order valence-corrected chi connectivity index (χ2v) is 8.74. The summed E-state index contributed by atoms with van der Waals surface area (Å²) >= 11 is 0. The van der Waals surface area contributed by atoms with Crippen molar-refractivity contribution >= 4 is 27.7 Å². The Balaban J connectivity index is 1.97. The molecule has 1 amide bonds. The maximum atomic E-state index is 12.1. The Kier molecular flexibility index (Phi) is 7.59. The number of ether oxygens (including phenoxy) is 1. The van der Waals surface area contributed by atoms with Gasteiger partial charge < -0.3 is 24.7 Å². The molecule has 0 saturated carbocycles. The number of amides is 1. The molecule has 1 atom stereocenters. The topological polar surface area (TPSA) is 160 Å². The lowest BCUT2D eigenvalue weighted by Crippen LogP contribution is -2.42. The van der Waals surface area contributed by atoms with Gasteiger partial charge in [-0.2, -0.15) is 0 Å². The Morgan fingerprint density at radius 3 is 2.33 bits per heavy atom. The first-order chi connectivity index (χ1) is 14.0. The molecular weight excluding hydrogens is 418 g/mol. The second kappa shape index (κ2) is 9.92. The first kappa shape index (κ1) is 22.9. The number of benzene rings is 1. The molecule has 11 heteroatoms. The highest BCUT2D eigenvalue weighted by molar-refractivity contribution is 7.90. The van der Waals surface area contributed by atoms with Crippen molar-refractivity contribution < 1.29 is 42.2 Å². The van der Waals surface area contributed by atoms with Gasteiger partial charge in [0.2, 0.25) is 0 Å². The maximum Gasteiger partial charge on any atom is 0.326 e. The largest absolute Gasteiger partial charge is 0.494 e. The highest BCUT2D eigenvalue weighted by atomic mass is 32.2. The van der Waals surface area contributed by atoms with Crippen molar-refractivity contribution in [3.63, 3.8) is 0 Å². The minimum atomic E-state index is -3.03.